The lowest BCUT2D eigenvalue weighted by Crippen LogP contribution is -2.40. The van der Waals surface area contributed by atoms with Crippen LogP contribution in [-0.4, -0.2) is 29.0 Å². The molecule has 6 heteroatoms. The number of benzene rings is 1. The number of hydrogen-bond acceptors (Lipinski definition) is 4. The topological polar surface area (TPSA) is 75.3 Å². The van der Waals surface area contributed by atoms with E-state index >= 15 is 0 Å². The van der Waals surface area contributed by atoms with E-state index in [1.165, 1.54) is 0 Å². The molecule has 2 aromatic rings. The van der Waals surface area contributed by atoms with Crippen molar-refractivity contribution < 1.29 is 9.53 Å². The summed E-state index contributed by atoms with van der Waals surface area (Å²) in [6, 6.07) is 3.47. The summed E-state index contributed by atoms with van der Waals surface area (Å²) >= 11 is 0. The molecule has 1 aromatic heterocycles. The van der Waals surface area contributed by atoms with Gasteiger partial charge in [-0.25, -0.2) is 4.98 Å². The van der Waals surface area contributed by atoms with Crippen molar-refractivity contribution in [1.82, 2.24) is 9.97 Å². The van der Waals surface area contributed by atoms with Crippen molar-refractivity contribution in [3.05, 3.63) is 28.3 Å². The van der Waals surface area contributed by atoms with E-state index < -0.39 is 0 Å². The highest BCUT2D eigenvalue weighted by Gasteiger charge is 2.32. The minimum atomic E-state index is -0.190. The van der Waals surface area contributed by atoms with Crippen LogP contribution in [0.4, 0.5) is 5.69 Å². The van der Waals surface area contributed by atoms with E-state index in [-0.39, 0.29) is 18.1 Å². The van der Waals surface area contributed by atoms with E-state index in [4.69, 9.17) is 4.74 Å². The molecule has 0 unspecified atom stereocenters. The fourth-order valence-corrected chi connectivity index (χ4v) is 2.71. The van der Waals surface area contributed by atoms with Crippen LogP contribution in [0.25, 0.3) is 10.9 Å². The number of aromatic amines is 1. The van der Waals surface area contributed by atoms with Gasteiger partial charge in [0.05, 0.1) is 16.6 Å². The number of hydrogen-bond donors (Lipinski definition) is 1. The number of aromatic nitrogens is 2. The number of carbonyl (C=O) groups excluding carboxylic acids is 1. The summed E-state index contributed by atoms with van der Waals surface area (Å²) < 4.78 is 5.51. The first kappa shape index (κ1) is 12.4. The second-order valence-corrected chi connectivity index (χ2v) is 5.72. The Kier molecular flexibility index (Phi) is 2.54. The van der Waals surface area contributed by atoms with Crippen LogP contribution >= 0.6 is 0 Å². The van der Waals surface area contributed by atoms with Crippen molar-refractivity contribution >= 4 is 22.5 Å². The van der Waals surface area contributed by atoms with Crippen molar-refractivity contribution in [2.75, 3.05) is 18.1 Å². The molecule has 0 bridgehead atoms. The van der Waals surface area contributed by atoms with E-state index in [1.807, 2.05) is 0 Å². The van der Waals surface area contributed by atoms with E-state index in [0.29, 0.717) is 40.6 Å². The summed E-state index contributed by atoms with van der Waals surface area (Å²) in [4.78, 5) is 32.9. The molecule has 1 fully saturated rings. The number of ether oxygens (including phenoxy) is 1. The molecule has 2 heterocycles. The third kappa shape index (κ3) is 2.07. The number of nitrogens with one attached hydrogen (secondary N) is 1. The number of aryl methyl sites for hydroxylation is 1. The summed E-state index contributed by atoms with van der Waals surface area (Å²) in [6.45, 7) is 2.50. The van der Waals surface area contributed by atoms with Gasteiger partial charge in [0, 0.05) is 12.6 Å². The molecule has 1 aliphatic heterocycles. The van der Waals surface area contributed by atoms with E-state index in [0.717, 1.165) is 12.8 Å². The van der Waals surface area contributed by atoms with Crippen molar-refractivity contribution in [2.45, 2.75) is 19.8 Å². The summed E-state index contributed by atoms with van der Waals surface area (Å²) in [5.74, 6) is 1.71. The molecule has 0 radical (unpaired) electrons. The first-order chi connectivity index (χ1) is 10.1. The second kappa shape index (κ2) is 4.31. The molecule has 1 aromatic carbocycles. The molecule has 1 amide bonds. The van der Waals surface area contributed by atoms with Crippen LogP contribution in [0.15, 0.2) is 16.9 Å². The van der Waals surface area contributed by atoms with Crippen LogP contribution in [0.3, 0.4) is 0 Å². The molecule has 1 N–H and O–H groups in total. The molecule has 0 spiro atoms. The van der Waals surface area contributed by atoms with Gasteiger partial charge in [-0.2, -0.15) is 0 Å². The SMILES string of the molecule is Cc1nc2cc3c(cc2c(=O)[nH]1)N(CC1CC1)C(=O)CO3. The standard InChI is InChI=1S/C15H15N3O3/c1-8-16-11-5-13-12(4-10(11)15(20)17-8)18(6-9-2-3-9)14(19)7-21-13/h4-5,9H,2-3,6-7H2,1H3,(H,16,17,20). The lowest BCUT2D eigenvalue weighted by molar-refractivity contribution is -0.121. The van der Waals surface area contributed by atoms with Crippen molar-refractivity contribution in [2.24, 2.45) is 5.92 Å². The van der Waals surface area contributed by atoms with Gasteiger partial charge in [-0.05, 0) is 31.7 Å². The Labute approximate surface area is 120 Å². The zero-order valence-electron chi connectivity index (χ0n) is 11.7. The predicted molar refractivity (Wildman–Crippen MR) is 77.7 cm³/mol. The van der Waals surface area contributed by atoms with Crippen LogP contribution in [0, 0.1) is 12.8 Å². The van der Waals surface area contributed by atoms with E-state index in [2.05, 4.69) is 9.97 Å². The van der Waals surface area contributed by atoms with Gasteiger partial charge in [-0.1, -0.05) is 0 Å². The van der Waals surface area contributed by atoms with Gasteiger partial charge >= 0.3 is 0 Å². The fraction of sp³-hybridized carbons (Fsp3) is 0.400. The molecular formula is C15H15N3O3. The van der Waals surface area contributed by atoms with Gasteiger partial charge in [0.15, 0.2) is 6.61 Å². The van der Waals surface area contributed by atoms with Crippen molar-refractivity contribution in [3.8, 4) is 5.75 Å². The number of rotatable bonds is 2. The van der Waals surface area contributed by atoms with Crippen LogP contribution in [0.1, 0.15) is 18.7 Å². The molecule has 1 aliphatic carbocycles. The normalized spacial score (nSPS) is 17.8. The Morgan fingerprint density at radius 1 is 1.38 bits per heavy atom. The number of anilines is 1. The maximum atomic E-state index is 12.1. The molecule has 6 nitrogen and oxygen atoms in total. The Hall–Kier alpha value is -2.37. The molecule has 108 valence electrons. The largest absolute Gasteiger partial charge is 0.481 e. The highest BCUT2D eigenvalue weighted by atomic mass is 16.5. The fourth-order valence-electron chi connectivity index (χ4n) is 2.71. The third-order valence-corrected chi connectivity index (χ3v) is 3.99. The maximum Gasteiger partial charge on any atom is 0.265 e. The summed E-state index contributed by atoms with van der Waals surface area (Å²) in [5.41, 5.74) is 1.09. The van der Waals surface area contributed by atoms with E-state index in [1.54, 1.807) is 24.0 Å². The molecule has 21 heavy (non-hydrogen) atoms. The molecule has 0 atom stereocenters. The Bertz CT molecular complexity index is 808. The van der Waals surface area contributed by atoms with Gasteiger partial charge in [0.25, 0.3) is 11.5 Å². The third-order valence-electron chi connectivity index (χ3n) is 3.99. The Balaban J connectivity index is 1.90. The highest BCUT2D eigenvalue weighted by molar-refractivity contribution is 6.00. The lowest BCUT2D eigenvalue weighted by Gasteiger charge is -2.29. The summed E-state index contributed by atoms with van der Waals surface area (Å²) in [7, 11) is 0. The minimum Gasteiger partial charge on any atom is -0.481 e. The smallest absolute Gasteiger partial charge is 0.265 e. The van der Waals surface area contributed by atoms with E-state index in [9.17, 15) is 9.59 Å². The van der Waals surface area contributed by atoms with Crippen LogP contribution in [0.5, 0.6) is 5.75 Å². The predicted octanol–water partition coefficient (Wildman–Crippen LogP) is 1.37. The first-order valence-electron chi connectivity index (χ1n) is 7.09. The number of H-pyrrole nitrogens is 1. The van der Waals surface area contributed by atoms with Crippen LogP contribution in [-0.2, 0) is 4.79 Å². The quantitative estimate of drug-likeness (QED) is 0.904. The number of carbonyl (C=O) groups is 1. The van der Waals surface area contributed by atoms with Gasteiger partial charge in [-0.15, -0.1) is 0 Å². The molecule has 4 rings (SSSR count). The van der Waals surface area contributed by atoms with Gasteiger partial charge in [0.1, 0.15) is 11.6 Å². The highest BCUT2D eigenvalue weighted by Crippen LogP contribution is 2.38. The van der Waals surface area contributed by atoms with Crippen LogP contribution < -0.4 is 15.2 Å². The number of amides is 1. The monoisotopic (exact) mass is 285 g/mol. The molecule has 0 saturated heterocycles. The van der Waals surface area contributed by atoms with Crippen molar-refractivity contribution in [1.29, 1.82) is 0 Å². The summed E-state index contributed by atoms with van der Waals surface area (Å²) in [6.07, 6.45) is 2.32. The minimum absolute atomic E-state index is 0.0490. The lowest BCUT2D eigenvalue weighted by atomic mass is 10.1. The van der Waals surface area contributed by atoms with Gasteiger partial charge in [-0.3, -0.25) is 9.59 Å². The Morgan fingerprint density at radius 3 is 2.95 bits per heavy atom. The first-order valence-corrected chi connectivity index (χ1v) is 7.09. The van der Waals surface area contributed by atoms with Crippen molar-refractivity contribution in [3.63, 3.8) is 0 Å². The zero-order valence-corrected chi connectivity index (χ0v) is 11.7. The molecule has 1 saturated carbocycles. The van der Waals surface area contributed by atoms with Gasteiger partial charge < -0.3 is 14.6 Å². The Morgan fingerprint density at radius 2 is 2.19 bits per heavy atom. The number of fused-ring (bicyclic) bond motifs is 2. The van der Waals surface area contributed by atoms with Gasteiger partial charge in [0.2, 0.25) is 0 Å². The average Bonchev–Trinajstić information content (AvgIpc) is 3.24. The van der Waals surface area contributed by atoms with Crippen LogP contribution in [0.2, 0.25) is 0 Å². The second-order valence-electron chi connectivity index (χ2n) is 5.72. The maximum absolute atomic E-state index is 12.1. The molecular weight excluding hydrogens is 270 g/mol. The number of nitrogens with zero attached hydrogens (tertiary/aromatic N) is 2. The summed E-state index contributed by atoms with van der Waals surface area (Å²) in [5, 5.41) is 0.485. The average molecular weight is 285 g/mol. The zero-order chi connectivity index (χ0) is 14.6. The molecule has 2 aliphatic rings.